The third-order valence-electron chi connectivity index (χ3n) is 3.33. The Balaban J connectivity index is 2.01. The van der Waals surface area contributed by atoms with E-state index in [2.05, 4.69) is 0 Å². The normalized spacial score (nSPS) is 17.3. The summed E-state index contributed by atoms with van der Waals surface area (Å²) in [6.45, 7) is 1.87. The van der Waals surface area contributed by atoms with Crippen LogP contribution in [-0.4, -0.2) is 11.1 Å². The second-order valence-corrected chi connectivity index (χ2v) is 5.63. The summed E-state index contributed by atoms with van der Waals surface area (Å²) in [7, 11) is 0. The quantitative estimate of drug-likeness (QED) is 0.774. The van der Waals surface area contributed by atoms with Gasteiger partial charge in [-0.1, -0.05) is 48.5 Å². The van der Waals surface area contributed by atoms with Gasteiger partial charge >= 0.3 is 0 Å². The summed E-state index contributed by atoms with van der Waals surface area (Å²) in [4.78, 5) is 26.4. The van der Waals surface area contributed by atoms with Crippen molar-refractivity contribution >= 4 is 34.2 Å². The van der Waals surface area contributed by atoms with E-state index in [-0.39, 0.29) is 11.1 Å². The first-order valence-corrected chi connectivity index (χ1v) is 7.38. The summed E-state index contributed by atoms with van der Waals surface area (Å²) in [5.74, 6) is -0.252. The van der Waals surface area contributed by atoms with Crippen LogP contribution in [0.2, 0.25) is 0 Å². The molecular formula is C17H13NO2S. The molecule has 0 N–H and O–H groups in total. The molecule has 4 heteroatoms. The van der Waals surface area contributed by atoms with Gasteiger partial charge in [-0.15, -0.1) is 0 Å². The van der Waals surface area contributed by atoms with Crippen molar-refractivity contribution in [2.75, 3.05) is 4.90 Å². The van der Waals surface area contributed by atoms with E-state index in [1.54, 1.807) is 12.1 Å². The van der Waals surface area contributed by atoms with Gasteiger partial charge in [-0.2, -0.15) is 0 Å². The molecule has 3 nitrogen and oxygen atoms in total. The number of hydrogen-bond donors (Lipinski definition) is 0. The maximum atomic E-state index is 12.6. The Morgan fingerprint density at radius 3 is 2.10 bits per heavy atom. The van der Waals surface area contributed by atoms with Gasteiger partial charge in [0.1, 0.15) is 0 Å². The van der Waals surface area contributed by atoms with Crippen molar-refractivity contribution in [2.24, 2.45) is 0 Å². The summed E-state index contributed by atoms with van der Waals surface area (Å²) in [5, 5.41) is -0.253. The molecule has 0 unspecified atom stereocenters. The molecule has 21 heavy (non-hydrogen) atoms. The SMILES string of the molecule is C/C(=C1/SC(=O)N(c2ccccc2)C1=O)c1ccccc1. The molecule has 1 fully saturated rings. The number of anilines is 1. The van der Waals surface area contributed by atoms with E-state index in [0.29, 0.717) is 10.6 Å². The fraction of sp³-hybridized carbons (Fsp3) is 0.0588. The number of nitrogens with zero attached hydrogens (tertiary/aromatic N) is 1. The molecule has 3 rings (SSSR count). The summed E-state index contributed by atoms with van der Waals surface area (Å²) in [6, 6.07) is 18.6. The predicted octanol–water partition coefficient (Wildman–Crippen LogP) is 4.32. The number of carbonyl (C=O) groups is 2. The Kier molecular flexibility index (Phi) is 3.62. The van der Waals surface area contributed by atoms with Crippen LogP contribution in [-0.2, 0) is 4.79 Å². The van der Waals surface area contributed by atoms with E-state index < -0.39 is 0 Å². The summed E-state index contributed by atoms with van der Waals surface area (Å²) < 4.78 is 0. The average molecular weight is 295 g/mol. The molecule has 0 aliphatic carbocycles. The van der Waals surface area contributed by atoms with Crippen LogP contribution < -0.4 is 4.90 Å². The number of benzene rings is 2. The molecule has 2 aromatic rings. The van der Waals surface area contributed by atoms with Crippen LogP contribution in [0.5, 0.6) is 0 Å². The monoisotopic (exact) mass is 295 g/mol. The van der Waals surface area contributed by atoms with Gasteiger partial charge in [-0.3, -0.25) is 9.59 Å². The minimum absolute atomic E-state index is 0.252. The van der Waals surface area contributed by atoms with Gasteiger partial charge in [0.2, 0.25) is 0 Å². The van der Waals surface area contributed by atoms with Crippen LogP contribution in [0.1, 0.15) is 12.5 Å². The van der Waals surface area contributed by atoms with Gasteiger partial charge in [0.15, 0.2) is 0 Å². The fourth-order valence-corrected chi connectivity index (χ4v) is 3.12. The molecule has 1 heterocycles. The molecule has 2 aromatic carbocycles. The number of allylic oxidation sites excluding steroid dienone is 1. The standard InChI is InChI=1S/C17H13NO2S/c1-12(13-8-4-2-5-9-13)15-16(19)18(17(20)21-15)14-10-6-3-7-11-14/h2-11H,1H3/b15-12-. The van der Waals surface area contributed by atoms with Gasteiger partial charge in [-0.05, 0) is 42.0 Å². The Bertz CT molecular complexity index is 723. The lowest BCUT2D eigenvalue weighted by Gasteiger charge is -2.12. The van der Waals surface area contributed by atoms with Crippen LogP contribution in [0, 0.1) is 0 Å². The Labute approximate surface area is 127 Å². The van der Waals surface area contributed by atoms with Gasteiger partial charge in [0.05, 0.1) is 10.6 Å². The maximum absolute atomic E-state index is 12.6. The zero-order valence-electron chi connectivity index (χ0n) is 11.4. The molecule has 0 atom stereocenters. The third-order valence-corrected chi connectivity index (χ3v) is 4.37. The first-order valence-electron chi connectivity index (χ1n) is 6.56. The van der Waals surface area contributed by atoms with Crippen LogP contribution in [0.3, 0.4) is 0 Å². The Morgan fingerprint density at radius 2 is 1.48 bits per heavy atom. The van der Waals surface area contributed by atoms with Crippen molar-refractivity contribution in [1.29, 1.82) is 0 Å². The van der Waals surface area contributed by atoms with Gasteiger partial charge in [-0.25, -0.2) is 4.90 Å². The first-order chi connectivity index (χ1) is 10.2. The van der Waals surface area contributed by atoms with E-state index in [1.165, 1.54) is 4.90 Å². The summed E-state index contributed by atoms with van der Waals surface area (Å²) in [5.41, 5.74) is 2.39. The van der Waals surface area contributed by atoms with Crippen molar-refractivity contribution in [3.63, 3.8) is 0 Å². The number of rotatable bonds is 2. The van der Waals surface area contributed by atoms with Gasteiger partial charge in [0, 0.05) is 0 Å². The molecule has 0 radical (unpaired) electrons. The lowest BCUT2D eigenvalue weighted by atomic mass is 10.1. The Hall–Kier alpha value is -2.33. The highest BCUT2D eigenvalue weighted by molar-refractivity contribution is 8.19. The minimum atomic E-state index is -0.253. The van der Waals surface area contributed by atoms with Gasteiger partial charge < -0.3 is 0 Å². The largest absolute Gasteiger partial charge is 0.298 e. The van der Waals surface area contributed by atoms with Crippen molar-refractivity contribution in [3.05, 3.63) is 71.1 Å². The number of para-hydroxylation sites is 1. The molecular weight excluding hydrogens is 282 g/mol. The van der Waals surface area contributed by atoms with Crippen LogP contribution in [0.15, 0.2) is 65.6 Å². The zero-order chi connectivity index (χ0) is 14.8. The first kappa shape index (κ1) is 13.6. The molecule has 1 aliphatic rings. The lowest BCUT2D eigenvalue weighted by Crippen LogP contribution is -2.27. The highest BCUT2D eigenvalue weighted by Crippen LogP contribution is 2.38. The Morgan fingerprint density at radius 1 is 0.905 bits per heavy atom. The lowest BCUT2D eigenvalue weighted by molar-refractivity contribution is -0.113. The van der Waals surface area contributed by atoms with Crippen molar-refractivity contribution in [3.8, 4) is 0 Å². The molecule has 1 aliphatic heterocycles. The van der Waals surface area contributed by atoms with Gasteiger partial charge in [0.25, 0.3) is 11.1 Å². The molecule has 0 aromatic heterocycles. The van der Waals surface area contributed by atoms with Crippen molar-refractivity contribution in [2.45, 2.75) is 6.92 Å². The number of thioether (sulfide) groups is 1. The highest BCUT2D eigenvalue weighted by atomic mass is 32.2. The highest BCUT2D eigenvalue weighted by Gasteiger charge is 2.37. The summed E-state index contributed by atoms with van der Waals surface area (Å²) in [6.07, 6.45) is 0. The topological polar surface area (TPSA) is 37.4 Å². The molecule has 0 saturated carbocycles. The fourth-order valence-electron chi connectivity index (χ4n) is 2.22. The second kappa shape index (κ2) is 5.58. The number of amides is 2. The van der Waals surface area contributed by atoms with E-state index in [4.69, 9.17) is 0 Å². The maximum Gasteiger partial charge on any atom is 0.298 e. The summed E-state index contributed by atoms with van der Waals surface area (Å²) >= 11 is 0.997. The molecule has 2 amide bonds. The van der Waals surface area contributed by atoms with Crippen molar-refractivity contribution in [1.82, 2.24) is 0 Å². The van der Waals surface area contributed by atoms with E-state index in [0.717, 1.165) is 22.9 Å². The average Bonchev–Trinajstić information content (AvgIpc) is 2.83. The molecule has 0 bridgehead atoms. The van der Waals surface area contributed by atoms with Crippen LogP contribution in [0.4, 0.5) is 10.5 Å². The minimum Gasteiger partial charge on any atom is -0.268 e. The third kappa shape index (κ3) is 2.50. The van der Waals surface area contributed by atoms with E-state index >= 15 is 0 Å². The molecule has 104 valence electrons. The smallest absolute Gasteiger partial charge is 0.268 e. The van der Waals surface area contributed by atoms with E-state index in [9.17, 15) is 9.59 Å². The number of imide groups is 1. The predicted molar refractivity (Wildman–Crippen MR) is 86.0 cm³/mol. The van der Waals surface area contributed by atoms with Crippen LogP contribution >= 0.6 is 11.8 Å². The number of hydrogen-bond acceptors (Lipinski definition) is 3. The van der Waals surface area contributed by atoms with Crippen LogP contribution in [0.25, 0.3) is 5.57 Å². The number of carbonyl (C=O) groups excluding carboxylic acids is 2. The molecule has 1 saturated heterocycles. The van der Waals surface area contributed by atoms with E-state index in [1.807, 2.05) is 55.5 Å². The second-order valence-electron chi connectivity index (χ2n) is 4.66. The molecule has 0 spiro atoms. The van der Waals surface area contributed by atoms with Crippen molar-refractivity contribution < 1.29 is 9.59 Å². The zero-order valence-corrected chi connectivity index (χ0v) is 12.3.